The minimum Gasteiger partial charge on any atom is -0.460 e. The van der Waals surface area contributed by atoms with Gasteiger partial charge in [0, 0.05) is 0 Å². The number of carbonyl (C=O) groups is 1. The maximum Gasteiger partial charge on any atom is 0.377 e. The number of hydrogen-bond donors (Lipinski definition) is 1. The SMILES string of the molecule is CCOC(=O)c1nc2ccc(C)cc2n1O. The lowest BCUT2D eigenvalue weighted by molar-refractivity contribution is 0.0470. The molecular weight excluding hydrogens is 208 g/mol. The van der Waals surface area contributed by atoms with E-state index in [1.165, 1.54) is 0 Å². The summed E-state index contributed by atoms with van der Waals surface area (Å²) < 4.78 is 5.55. The molecule has 0 saturated heterocycles. The summed E-state index contributed by atoms with van der Waals surface area (Å²) in [4.78, 5) is 15.5. The number of aromatic nitrogens is 2. The first-order chi connectivity index (χ1) is 7.63. The molecule has 0 radical (unpaired) electrons. The number of hydrogen-bond acceptors (Lipinski definition) is 4. The molecule has 0 amide bonds. The molecule has 16 heavy (non-hydrogen) atoms. The molecule has 1 aromatic heterocycles. The fourth-order valence-corrected chi connectivity index (χ4v) is 1.50. The molecule has 0 atom stereocenters. The Balaban J connectivity index is 2.56. The summed E-state index contributed by atoms with van der Waals surface area (Å²) in [5.41, 5.74) is 2.05. The predicted molar refractivity (Wildman–Crippen MR) is 57.6 cm³/mol. The Morgan fingerprint density at radius 1 is 1.56 bits per heavy atom. The van der Waals surface area contributed by atoms with Crippen molar-refractivity contribution in [1.82, 2.24) is 9.71 Å². The van der Waals surface area contributed by atoms with E-state index < -0.39 is 5.97 Å². The maximum atomic E-state index is 11.5. The van der Waals surface area contributed by atoms with Crippen LogP contribution >= 0.6 is 0 Å². The van der Waals surface area contributed by atoms with Gasteiger partial charge in [-0.2, -0.15) is 4.73 Å². The van der Waals surface area contributed by atoms with Crippen LogP contribution in [0.25, 0.3) is 11.0 Å². The first-order valence-corrected chi connectivity index (χ1v) is 4.99. The monoisotopic (exact) mass is 220 g/mol. The number of aryl methyl sites for hydroxylation is 1. The summed E-state index contributed by atoms with van der Waals surface area (Å²) >= 11 is 0. The minimum atomic E-state index is -0.626. The summed E-state index contributed by atoms with van der Waals surface area (Å²) in [5.74, 6) is -0.721. The van der Waals surface area contributed by atoms with Gasteiger partial charge in [-0.1, -0.05) is 6.07 Å². The molecule has 0 bridgehead atoms. The van der Waals surface area contributed by atoms with Crippen molar-refractivity contribution in [3.05, 3.63) is 29.6 Å². The average Bonchev–Trinajstić information content (AvgIpc) is 2.57. The summed E-state index contributed by atoms with van der Waals surface area (Å²) in [5, 5.41) is 9.76. The van der Waals surface area contributed by atoms with E-state index in [9.17, 15) is 10.0 Å². The molecule has 1 aromatic carbocycles. The van der Waals surface area contributed by atoms with Gasteiger partial charge >= 0.3 is 5.97 Å². The van der Waals surface area contributed by atoms with E-state index in [1.807, 2.05) is 13.0 Å². The zero-order chi connectivity index (χ0) is 11.7. The van der Waals surface area contributed by atoms with Gasteiger partial charge in [-0.3, -0.25) is 0 Å². The summed E-state index contributed by atoms with van der Waals surface area (Å²) in [6.07, 6.45) is 0. The number of benzene rings is 1. The van der Waals surface area contributed by atoms with Crippen LogP contribution in [0.4, 0.5) is 0 Å². The lowest BCUT2D eigenvalue weighted by atomic mass is 10.2. The normalized spacial score (nSPS) is 10.6. The Hall–Kier alpha value is -2.04. The van der Waals surface area contributed by atoms with E-state index in [0.717, 1.165) is 10.3 Å². The third-order valence-electron chi connectivity index (χ3n) is 2.24. The molecule has 5 nitrogen and oxygen atoms in total. The van der Waals surface area contributed by atoms with Crippen molar-refractivity contribution in [2.45, 2.75) is 13.8 Å². The third-order valence-corrected chi connectivity index (χ3v) is 2.24. The summed E-state index contributed by atoms with van der Waals surface area (Å²) in [6.45, 7) is 3.85. The fraction of sp³-hybridized carbons (Fsp3) is 0.273. The Morgan fingerprint density at radius 2 is 2.31 bits per heavy atom. The molecule has 5 heteroatoms. The highest BCUT2D eigenvalue weighted by atomic mass is 16.5. The molecule has 0 unspecified atom stereocenters. The first-order valence-electron chi connectivity index (χ1n) is 4.99. The largest absolute Gasteiger partial charge is 0.460 e. The number of carbonyl (C=O) groups excluding carboxylic acids is 1. The van der Waals surface area contributed by atoms with Crippen molar-refractivity contribution in [1.29, 1.82) is 0 Å². The Morgan fingerprint density at radius 3 is 3.00 bits per heavy atom. The third kappa shape index (κ3) is 1.60. The number of ether oxygens (including phenoxy) is 1. The minimum absolute atomic E-state index is 0.0950. The van der Waals surface area contributed by atoms with E-state index >= 15 is 0 Å². The van der Waals surface area contributed by atoms with Gasteiger partial charge in [0.15, 0.2) is 0 Å². The second kappa shape index (κ2) is 3.84. The van der Waals surface area contributed by atoms with Crippen molar-refractivity contribution in [2.75, 3.05) is 6.61 Å². The smallest absolute Gasteiger partial charge is 0.377 e. The van der Waals surface area contributed by atoms with Gasteiger partial charge < -0.3 is 9.94 Å². The zero-order valence-corrected chi connectivity index (χ0v) is 9.10. The standard InChI is InChI=1S/C11H12N2O3/c1-3-16-11(14)10-12-8-5-4-7(2)6-9(8)13(10)15/h4-6,15H,3H2,1-2H3. The van der Waals surface area contributed by atoms with Gasteiger partial charge in [0.2, 0.25) is 0 Å². The van der Waals surface area contributed by atoms with Crippen molar-refractivity contribution < 1.29 is 14.7 Å². The summed E-state index contributed by atoms with van der Waals surface area (Å²) in [6, 6.07) is 5.37. The van der Waals surface area contributed by atoms with Crippen LogP contribution in [0.5, 0.6) is 0 Å². The van der Waals surface area contributed by atoms with Gasteiger partial charge in [0.05, 0.1) is 12.1 Å². The molecule has 1 N–H and O–H groups in total. The topological polar surface area (TPSA) is 64.3 Å². The van der Waals surface area contributed by atoms with Crippen LogP contribution in [0.2, 0.25) is 0 Å². The van der Waals surface area contributed by atoms with Crippen LogP contribution in [0, 0.1) is 6.92 Å². The van der Waals surface area contributed by atoms with Gasteiger partial charge in [0.1, 0.15) is 5.52 Å². The highest BCUT2D eigenvalue weighted by Crippen LogP contribution is 2.16. The lowest BCUT2D eigenvalue weighted by Crippen LogP contribution is -2.11. The number of imidazole rings is 1. The van der Waals surface area contributed by atoms with E-state index in [1.54, 1.807) is 19.1 Å². The van der Waals surface area contributed by atoms with Gasteiger partial charge in [-0.05, 0) is 31.5 Å². The molecular formula is C11H12N2O3. The Labute approximate surface area is 92.2 Å². The van der Waals surface area contributed by atoms with E-state index in [-0.39, 0.29) is 12.4 Å². The Kier molecular flexibility index (Phi) is 2.52. The van der Waals surface area contributed by atoms with Crippen LogP contribution in [0.15, 0.2) is 18.2 Å². The number of esters is 1. The summed E-state index contributed by atoms with van der Waals surface area (Å²) in [7, 11) is 0. The molecule has 1 heterocycles. The molecule has 84 valence electrons. The molecule has 0 aliphatic carbocycles. The van der Waals surface area contributed by atoms with Crippen LogP contribution in [0.1, 0.15) is 23.1 Å². The number of rotatable bonds is 2. The molecule has 0 aliphatic heterocycles. The molecule has 0 aliphatic rings. The van der Waals surface area contributed by atoms with Gasteiger partial charge in [0.25, 0.3) is 5.82 Å². The lowest BCUT2D eigenvalue weighted by Gasteiger charge is -2.00. The highest BCUT2D eigenvalue weighted by Gasteiger charge is 2.18. The van der Waals surface area contributed by atoms with Crippen LogP contribution in [-0.2, 0) is 4.74 Å². The highest BCUT2D eigenvalue weighted by molar-refractivity contribution is 5.90. The zero-order valence-electron chi connectivity index (χ0n) is 9.10. The maximum absolute atomic E-state index is 11.5. The molecule has 2 rings (SSSR count). The van der Waals surface area contributed by atoms with Gasteiger partial charge in [-0.25, -0.2) is 9.78 Å². The second-order valence-electron chi connectivity index (χ2n) is 3.46. The number of nitrogens with zero attached hydrogens (tertiary/aromatic N) is 2. The molecule has 2 aromatic rings. The molecule has 0 spiro atoms. The first kappa shape index (κ1) is 10.5. The predicted octanol–water partition coefficient (Wildman–Crippen LogP) is 1.76. The second-order valence-corrected chi connectivity index (χ2v) is 3.46. The van der Waals surface area contributed by atoms with Crippen LogP contribution in [0.3, 0.4) is 0 Å². The van der Waals surface area contributed by atoms with Crippen molar-refractivity contribution in [3.8, 4) is 0 Å². The molecule has 0 fully saturated rings. The van der Waals surface area contributed by atoms with Crippen LogP contribution < -0.4 is 0 Å². The van der Waals surface area contributed by atoms with Crippen LogP contribution in [-0.4, -0.2) is 27.5 Å². The van der Waals surface area contributed by atoms with Gasteiger partial charge in [-0.15, -0.1) is 0 Å². The van der Waals surface area contributed by atoms with Crippen molar-refractivity contribution in [3.63, 3.8) is 0 Å². The van der Waals surface area contributed by atoms with Crippen molar-refractivity contribution in [2.24, 2.45) is 0 Å². The fourth-order valence-electron chi connectivity index (χ4n) is 1.50. The van der Waals surface area contributed by atoms with E-state index in [0.29, 0.717) is 11.0 Å². The average molecular weight is 220 g/mol. The quantitative estimate of drug-likeness (QED) is 0.618. The van der Waals surface area contributed by atoms with E-state index in [2.05, 4.69) is 4.98 Å². The molecule has 0 saturated carbocycles. The Bertz CT molecular complexity index is 545. The van der Waals surface area contributed by atoms with Crippen molar-refractivity contribution >= 4 is 17.0 Å². The number of fused-ring (bicyclic) bond motifs is 1. The van der Waals surface area contributed by atoms with E-state index in [4.69, 9.17) is 4.74 Å².